The minimum Gasteiger partial charge on any atom is -0.325 e. The lowest BCUT2D eigenvalue weighted by Gasteiger charge is -2.24. The maximum absolute atomic E-state index is 13.6. The van der Waals surface area contributed by atoms with Crippen molar-refractivity contribution in [1.29, 1.82) is 0 Å². The molecular weight excluding hydrogens is 495 g/mol. The Kier molecular flexibility index (Phi) is 7.75. The van der Waals surface area contributed by atoms with Crippen molar-refractivity contribution in [3.8, 4) is 0 Å². The van der Waals surface area contributed by atoms with Gasteiger partial charge in [0.2, 0.25) is 0 Å². The third-order valence-electron chi connectivity index (χ3n) is 5.49. The van der Waals surface area contributed by atoms with Crippen LogP contribution in [0, 0.1) is 6.92 Å². The second-order valence-corrected chi connectivity index (χ2v) is 10.8. The lowest BCUT2D eigenvalue weighted by molar-refractivity contribution is -0.137. The lowest BCUT2D eigenvalue weighted by Crippen LogP contribution is -2.35. The van der Waals surface area contributed by atoms with Crippen molar-refractivity contribution >= 4 is 21.4 Å². The van der Waals surface area contributed by atoms with Gasteiger partial charge >= 0.3 is 6.18 Å². The number of halogens is 3. The fourth-order valence-electron chi connectivity index (χ4n) is 3.63. The zero-order chi connectivity index (χ0) is 26.8. The number of aromatic amines is 1. The largest absolute Gasteiger partial charge is 0.416 e. The number of carbonyl (C=O) groups is 1. The number of aryl methyl sites for hydroxylation is 1. The number of rotatable bonds is 7. The molecule has 0 radical (unpaired) electrons. The summed E-state index contributed by atoms with van der Waals surface area (Å²) in [7, 11) is 0.180. The Hall–Kier alpha value is -3.44. The van der Waals surface area contributed by atoms with Crippen molar-refractivity contribution in [2.24, 2.45) is 0 Å². The lowest BCUT2D eigenvalue weighted by atomic mass is 10.1. The molecule has 0 saturated heterocycles. The molecule has 0 aliphatic heterocycles. The van der Waals surface area contributed by atoms with Crippen LogP contribution in [0.25, 0.3) is 0 Å². The second-order valence-electron chi connectivity index (χ2n) is 8.76. The van der Waals surface area contributed by atoms with Gasteiger partial charge in [0.1, 0.15) is 5.56 Å². The van der Waals surface area contributed by atoms with E-state index >= 15 is 0 Å². The highest BCUT2D eigenvalue weighted by atomic mass is 32.2. The minimum atomic E-state index is -4.64. The molecule has 192 valence electrons. The minimum absolute atomic E-state index is 0.0591. The normalized spacial score (nSPS) is 12.1. The molecule has 0 unspecified atom stereocenters. The van der Waals surface area contributed by atoms with E-state index in [2.05, 4.69) is 4.98 Å². The topological polar surface area (TPSA) is 90.5 Å². The van der Waals surface area contributed by atoms with Gasteiger partial charge in [-0.1, -0.05) is 18.2 Å². The number of hydrogen-bond donors (Lipinski definition) is 1. The van der Waals surface area contributed by atoms with Gasteiger partial charge in [0.05, 0.1) is 17.0 Å². The van der Waals surface area contributed by atoms with Crippen molar-refractivity contribution in [2.45, 2.75) is 31.1 Å². The summed E-state index contributed by atoms with van der Waals surface area (Å²) in [6.45, 7) is 1.93. The standard InChI is InChI=1S/C25H26F3N3O4S/c1-16-18(15-30(2)3)12-22(23(32)29-16)24(33)31(20-7-5-6-19(13-20)25(26,27)28)14-17-8-10-21(11-9-17)36(4,34)35/h5-13H,14-15H2,1-4H3,(H,29,32). The first-order valence-electron chi connectivity index (χ1n) is 10.8. The first kappa shape index (κ1) is 27.2. The van der Waals surface area contributed by atoms with E-state index < -0.39 is 33.0 Å². The summed E-state index contributed by atoms with van der Waals surface area (Å²) in [5, 5.41) is 0. The number of anilines is 1. The van der Waals surface area contributed by atoms with Crippen LogP contribution in [-0.4, -0.2) is 44.6 Å². The molecule has 2 aromatic carbocycles. The van der Waals surface area contributed by atoms with E-state index in [1.165, 1.54) is 42.5 Å². The number of nitrogens with zero attached hydrogens (tertiary/aromatic N) is 2. The first-order valence-corrected chi connectivity index (χ1v) is 12.7. The molecule has 11 heteroatoms. The maximum atomic E-state index is 13.6. The Morgan fingerprint density at radius 3 is 2.19 bits per heavy atom. The number of aromatic nitrogens is 1. The molecule has 0 atom stereocenters. The van der Waals surface area contributed by atoms with Gasteiger partial charge in [-0.3, -0.25) is 9.59 Å². The Labute approximate surface area is 207 Å². The smallest absolute Gasteiger partial charge is 0.325 e. The highest BCUT2D eigenvalue weighted by Gasteiger charge is 2.32. The van der Waals surface area contributed by atoms with Crippen molar-refractivity contribution in [3.05, 3.63) is 92.9 Å². The molecule has 0 saturated carbocycles. The van der Waals surface area contributed by atoms with Gasteiger partial charge in [0, 0.05) is 24.2 Å². The van der Waals surface area contributed by atoms with Crippen LogP contribution < -0.4 is 10.5 Å². The molecule has 0 spiro atoms. The molecule has 1 amide bonds. The van der Waals surface area contributed by atoms with E-state index in [9.17, 15) is 31.2 Å². The van der Waals surface area contributed by atoms with E-state index in [1.54, 1.807) is 6.92 Å². The van der Waals surface area contributed by atoms with Crippen molar-refractivity contribution in [1.82, 2.24) is 9.88 Å². The molecule has 0 fully saturated rings. The summed E-state index contributed by atoms with van der Waals surface area (Å²) < 4.78 is 63.8. The summed E-state index contributed by atoms with van der Waals surface area (Å²) >= 11 is 0. The summed E-state index contributed by atoms with van der Waals surface area (Å²) in [5.74, 6) is -0.789. The Balaban J connectivity index is 2.11. The number of benzene rings is 2. The monoisotopic (exact) mass is 521 g/mol. The number of carbonyl (C=O) groups excluding carboxylic acids is 1. The van der Waals surface area contributed by atoms with Gasteiger partial charge in [-0.15, -0.1) is 0 Å². The molecule has 7 nitrogen and oxygen atoms in total. The quantitative estimate of drug-likeness (QED) is 0.507. The summed E-state index contributed by atoms with van der Waals surface area (Å²) in [6.07, 6.45) is -3.59. The number of hydrogen-bond acceptors (Lipinski definition) is 5. The number of alkyl halides is 3. The van der Waals surface area contributed by atoms with Gasteiger partial charge in [0.25, 0.3) is 11.5 Å². The molecule has 3 aromatic rings. The molecular formula is C25H26F3N3O4S. The van der Waals surface area contributed by atoms with E-state index in [0.717, 1.165) is 23.3 Å². The summed E-state index contributed by atoms with van der Waals surface area (Å²) in [5.41, 5.74) is -0.165. The number of H-pyrrole nitrogens is 1. The average molecular weight is 522 g/mol. The third kappa shape index (κ3) is 6.41. The molecule has 1 heterocycles. The van der Waals surface area contributed by atoms with Gasteiger partial charge < -0.3 is 14.8 Å². The molecule has 3 rings (SSSR count). The van der Waals surface area contributed by atoms with Gasteiger partial charge in [-0.25, -0.2) is 8.42 Å². The zero-order valence-corrected chi connectivity index (χ0v) is 21.0. The SMILES string of the molecule is Cc1[nH]c(=O)c(C(=O)N(Cc2ccc(S(C)(=O)=O)cc2)c2cccc(C(F)(F)F)c2)cc1CN(C)C. The molecule has 0 bridgehead atoms. The van der Waals surface area contributed by atoms with Crippen LogP contribution in [0.15, 0.2) is 64.3 Å². The Bertz CT molecular complexity index is 1430. The fourth-order valence-corrected chi connectivity index (χ4v) is 4.26. The molecule has 1 aromatic heterocycles. The van der Waals surface area contributed by atoms with E-state index in [1.807, 2.05) is 19.0 Å². The molecule has 0 aliphatic carbocycles. The summed E-state index contributed by atoms with van der Waals surface area (Å²) in [6, 6.07) is 11.4. The van der Waals surface area contributed by atoms with E-state index in [0.29, 0.717) is 23.4 Å². The molecule has 36 heavy (non-hydrogen) atoms. The highest BCUT2D eigenvalue weighted by molar-refractivity contribution is 7.90. The van der Waals surface area contributed by atoms with Gasteiger partial charge in [-0.05, 0) is 68.5 Å². The van der Waals surface area contributed by atoms with Crippen molar-refractivity contribution < 1.29 is 26.4 Å². The van der Waals surface area contributed by atoms with Crippen LogP contribution in [0.3, 0.4) is 0 Å². The zero-order valence-electron chi connectivity index (χ0n) is 20.2. The second kappa shape index (κ2) is 10.3. The van der Waals surface area contributed by atoms with Crippen LogP contribution >= 0.6 is 0 Å². The van der Waals surface area contributed by atoms with Gasteiger partial charge in [-0.2, -0.15) is 13.2 Å². The number of sulfone groups is 1. The Morgan fingerprint density at radius 1 is 1.00 bits per heavy atom. The molecule has 1 N–H and O–H groups in total. The first-order chi connectivity index (χ1) is 16.7. The third-order valence-corrected chi connectivity index (χ3v) is 6.61. The molecule has 0 aliphatic rings. The van der Waals surface area contributed by atoms with Crippen LogP contribution in [0.1, 0.15) is 32.7 Å². The number of nitrogens with one attached hydrogen (secondary N) is 1. The van der Waals surface area contributed by atoms with Crippen LogP contribution in [0.2, 0.25) is 0 Å². The predicted octanol–water partition coefficient (Wildman–Crippen LogP) is 4.01. The average Bonchev–Trinajstić information content (AvgIpc) is 2.78. The van der Waals surface area contributed by atoms with Crippen LogP contribution in [-0.2, 0) is 29.1 Å². The van der Waals surface area contributed by atoms with Gasteiger partial charge in [0.15, 0.2) is 9.84 Å². The number of pyridine rings is 1. The highest BCUT2D eigenvalue weighted by Crippen LogP contribution is 2.32. The number of amides is 1. The van der Waals surface area contributed by atoms with Crippen molar-refractivity contribution in [3.63, 3.8) is 0 Å². The fraction of sp³-hybridized carbons (Fsp3) is 0.280. The Morgan fingerprint density at radius 2 is 1.64 bits per heavy atom. The van der Waals surface area contributed by atoms with Crippen molar-refractivity contribution in [2.75, 3.05) is 25.3 Å². The predicted molar refractivity (Wildman–Crippen MR) is 131 cm³/mol. The van der Waals surface area contributed by atoms with Crippen LogP contribution in [0.4, 0.5) is 18.9 Å². The van der Waals surface area contributed by atoms with E-state index in [-0.39, 0.29) is 22.7 Å². The summed E-state index contributed by atoms with van der Waals surface area (Å²) in [4.78, 5) is 32.0. The van der Waals surface area contributed by atoms with E-state index in [4.69, 9.17) is 0 Å². The maximum Gasteiger partial charge on any atom is 0.416 e. The van der Waals surface area contributed by atoms with Crippen LogP contribution in [0.5, 0.6) is 0 Å².